The summed E-state index contributed by atoms with van der Waals surface area (Å²) < 4.78 is 28.1. The van der Waals surface area contributed by atoms with Crippen molar-refractivity contribution in [3.8, 4) is 0 Å². The quantitative estimate of drug-likeness (QED) is 0.848. The van der Waals surface area contributed by atoms with E-state index in [-0.39, 0.29) is 11.4 Å². The number of nitrogens with zero attached hydrogens (tertiary/aromatic N) is 3. The van der Waals surface area contributed by atoms with Gasteiger partial charge in [0, 0.05) is 36.9 Å². The second kappa shape index (κ2) is 6.17. The molecule has 0 fully saturated rings. The van der Waals surface area contributed by atoms with Crippen LogP contribution < -0.4 is 0 Å². The van der Waals surface area contributed by atoms with E-state index >= 15 is 0 Å². The lowest BCUT2D eigenvalue weighted by Gasteiger charge is -2.16. The first kappa shape index (κ1) is 16.0. The summed E-state index contributed by atoms with van der Waals surface area (Å²) in [7, 11) is -1.97. The molecule has 0 N–H and O–H groups in total. The Kier molecular flexibility index (Phi) is 4.70. The standard InChI is InChI=1S/C14H18ClN3O2S/c1-4-18-10-12(11(2)16-18)9-17(3)21(19,20)14-7-5-13(15)6-8-14/h5-8,10H,4,9H2,1-3H3. The average Bonchev–Trinajstić information content (AvgIpc) is 2.80. The number of hydrogen-bond donors (Lipinski definition) is 0. The van der Waals surface area contributed by atoms with Crippen LogP contribution in [-0.2, 0) is 23.1 Å². The highest BCUT2D eigenvalue weighted by atomic mass is 35.5. The first-order chi connectivity index (χ1) is 9.84. The molecule has 2 aromatic rings. The zero-order valence-corrected chi connectivity index (χ0v) is 13.8. The number of rotatable bonds is 5. The SMILES string of the molecule is CCn1cc(CN(C)S(=O)(=O)c2ccc(Cl)cc2)c(C)n1. The Morgan fingerprint density at radius 2 is 1.90 bits per heavy atom. The number of aromatic nitrogens is 2. The zero-order chi connectivity index (χ0) is 15.6. The summed E-state index contributed by atoms with van der Waals surface area (Å²) in [5, 5.41) is 4.84. The highest BCUT2D eigenvalue weighted by Gasteiger charge is 2.22. The van der Waals surface area contributed by atoms with Gasteiger partial charge < -0.3 is 0 Å². The topological polar surface area (TPSA) is 55.2 Å². The third-order valence-corrected chi connectivity index (χ3v) is 5.36. The van der Waals surface area contributed by atoms with Crippen molar-refractivity contribution >= 4 is 21.6 Å². The molecule has 1 aromatic carbocycles. The van der Waals surface area contributed by atoms with Crippen LogP contribution in [0.5, 0.6) is 0 Å². The van der Waals surface area contributed by atoms with E-state index in [0.29, 0.717) is 5.02 Å². The number of halogens is 1. The summed E-state index contributed by atoms with van der Waals surface area (Å²) in [5.41, 5.74) is 1.74. The number of hydrogen-bond acceptors (Lipinski definition) is 3. The predicted octanol–water partition coefficient (Wildman–Crippen LogP) is 2.69. The maximum Gasteiger partial charge on any atom is 0.243 e. The molecule has 5 nitrogen and oxygen atoms in total. The third kappa shape index (κ3) is 3.45. The van der Waals surface area contributed by atoms with E-state index in [9.17, 15) is 8.42 Å². The monoisotopic (exact) mass is 327 g/mol. The van der Waals surface area contributed by atoms with E-state index in [1.165, 1.54) is 16.4 Å². The molecule has 0 aliphatic rings. The lowest BCUT2D eigenvalue weighted by Crippen LogP contribution is -2.26. The lowest BCUT2D eigenvalue weighted by atomic mass is 10.3. The second-order valence-electron chi connectivity index (χ2n) is 4.81. The van der Waals surface area contributed by atoms with Crippen molar-refractivity contribution in [1.29, 1.82) is 0 Å². The number of sulfonamides is 1. The van der Waals surface area contributed by atoms with Crippen LogP contribution in [0, 0.1) is 6.92 Å². The van der Waals surface area contributed by atoms with Crippen LogP contribution in [0.25, 0.3) is 0 Å². The molecule has 0 aliphatic carbocycles. The molecule has 7 heteroatoms. The van der Waals surface area contributed by atoms with Gasteiger partial charge in [-0.2, -0.15) is 9.40 Å². The van der Waals surface area contributed by atoms with Gasteiger partial charge in [-0.3, -0.25) is 4.68 Å². The highest BCUT2D eigenvalue weighted by Crippen LogP contribution is 2.19. The normalized spacial score (nSPS) is 12.0. The Morgan fingerprint density at radius 1 is 1.29 bits per heavy atom. The minimum absolute atomic E-state index is 0.231. The van der Waals surface area contributed by atoms with E-state index in [1.54, 1.807) is 23.9 Å². The Hall–Kier alpha value is -1.37. The molecule has 0 saturated heterocycles. The van der Waals surface area contributed by atoms with Crippen LogP contribution in [0.15, 0.2) is 35.4 Å². The van der Waals surface area contributed by atoms with Gasteiger partial charge in [0.1, 0.15) is 0 Å². The predicted molar refractivity (Wildman–Crippen MR) is 82.7 cm³/mol. The molecule has 114 valence electrons. The fourth-order valence-electron chi connectivity index (χ4n) is 1.99. The van der Waals surface area contributed by atoms with Crippen molar-refractivity contribution in [3.05, 3.63) is 46.7 Å². The minimum atomic E-state index is -3.53. The Bertz CT molecular complexity index is 723. The summed E-state index contributed by atoms with van der Waals surface area (Å²) >= 11 is 5.79. The fourth-order valence-corrected chi connectivity index (χ4v) is 3.26. The van der Waals surface area contributed by atoms with E-state index < -0.39 is 10.0 Å². The van der Waals surface area contributed by atoms with Gasteiger partial charge in [-0.1, -0.05) is 11.6 Å². The lowest BCUT2D eigenvalue weighted by molar-refractivity contribution is 0.466. The van der Waals surface area contributed by atoms with Crippen LogP contribution in [0.2, 0.25) is 5.02 Å². The maximum absolute atomic E-state index is 12.5. The summed E-state index contributed by atoms with van der Waals surface area (Å²) in [6.45, 7) is 4.92. The summed E-state index contributed by atoms with van der Waals surface area (Å²) in [5.74, 6) is 0. The maximum atomic E-state index is 12.5. The fraction of sp³-hybridized carbons (Fsp3) is 0.357. The van der Waals surface area contributed by atoms with Gasteiger partial charge >= 0.3 is 0 Å². The third-order valence-electron chi connectivity index (χ3n) is 3.29. The van der Waals surface area contributed by atoms with Crippen molar-refractivity contribution in [2.24, 2.45) is 0 Å². The van der Waals surface area contributed by atoms with Crippen molar-refractivity contribution in [2.75, 3.05) is 7.05 Å². The van der Waals surface area contributed by atoms with Crippen molar-refractivity contribution in [2.45, 2.75) is 31.8 Å². The van der Waals surface area contributed by atoms with Gasteiger partial charge in [0.15, 0.2) is 0 Å². The first-order valence-electron chi connectivity index (χ1n) is 6.59. The molecule has 1 heterocycles. The van der Waals surface area contributed by atoms with Crippen LogP contribution in [0.4, 0.5) is 0 Å². The van der Waals surface area contributed by atoms with Crippen molar-refractivity contribution in [3.63, 3.8) is 0 Å². The van der Waals surface area contributed by atoms with Gasteiger partial charge in [0.05, 0.1) is 10.6 Å². The molecule has 0 saturated carbocycles. The smallest absolute Gasteiger partial charge is 0.243 e. The summed E-state index contributed by atoms with van der Waals surface area (Å²) in [6, 6.07) is 6.16. The highest BCUT2D eigenvalue weighted by molar-refractivity contribution is 7.89. The summed E-state index contributed by atoms with van der Waals surface area (Å²) in [6.07, 6.45) is 1.88. The Morgan fingerprint density at radius 3 is 2.43 bits per heavy atom. The van der Waals surface area contributed by atoms with Gasteiger partial charge in [-0.05, 0) is 38.1 Å². The van der Waals surface area contributed by atoms with Crippen LogP contribution >= 0.6 is 11.6 Å². The number of benzene rings is 1. The average molecular weight is 328 g/mol. The molecular formula is C14H18ClN3O2S. The van der Waals surface area contributed by atoms with Crippen molar-refractivity contribution < 1.29 is 8.42 Å². The summed E-state index contributed by atoms with van der Waals surface area (Å²) in [4.78, 5) is 0.231. The second-order valence-corrected chi connectivity index (χ2v) is 7.29. The van der Waals surface area contributed by atoms with Gasteiger partial charge in [0.25, 0.3) is 0 Å². The van der Waals surface area contributed by atoms with E-state index in [2.05, 4.69) is 5.10 Å². The van der Waals surface area contributed by atoms with E-state index in [1.807, 2.05) is 20.0 Å². The molecule has 0 radical (unpaired) electrons. The molecule has 0 unspecified atom stereocenters. The molecule has 2 rings (SSSR count). The number of aryl methyl sites for hydroxylation is 2. The van der Waals surface area contributed by atoms with Crippen LogP contribution in [-0.4, -0.2) is 29.6 Å². The largest absolute Gasteiger partial charge is 0.272 e. The molecule has 0 bridgehead atoms. The molecule has 0 atom stereocenters. The molecule has 0 amide bonds. The van der Waals surface area contributed by atoms with Gasteiger partial charge in [-0.15, -0.1) is 0 Å². The molecule has 0 spiro atoms. The molecule has 0 aliphatic heterocycles. The molecule has 1 aromatic heterocycles. The van der Waals surface area contributed by atoms with E-state index in [4.69, 9.17) is 11.6 Å². The molecular weight excluding hydrogens is 310 g/mol. The Balaban J connectivity index is 2.24. The first-order valence-corrected chi connectivity index (χ1v) is 8.41. The zero-order valence-electron chi connectivity index (χ0n) is 12.2. The van der Waals surface area contributed by atoms with Gasteiger partial charge in [-0.25, -0.2) is 8.42 Å². The molecule has 21 heavy (non-hydrogen) atoms. The van der Waals surface area contributed by atoms with Crippen molar-refractivity contribution in [1.82, 2.24) is 14.1 Å². The van der Waals surface area contributed by atoms with E-state index in [0.717, 1.165) is 17.8 Å². The van der Waals surface area contributed by atoms with Crippen LogP contribution in [0.3, 0.4) is 0 Å². The van der Waals surface area contributed by atoms with Crippen LogP contribution in [0.1, 0.15) is 18.2 Å². The van der Waals surface area contributed by atoms with Gasteiger partial charge in [0.2, 0.25) is 10.0 Å². The Labute approximate surface area is 130 Å². The minimum Gasteiger partial charge on any atom is -0.272 e.